The number of pyridine rings is 1. The first-order valence-electron chi connectivity index (χ1n) is 4.68. The quantitative estimate of drug-likeness (QED) is 0.611. The Balaban J connectivity index is 3.25. The zero-order chi connectivity index (χ0) is 14.1. The summed E-state index contributed by atoms with van der Waals surface area (Å²) >= 11 is 0. The lowest BCUT2D eigenvalue weighted by atomic mass is 9.80. The molecule has 0 aliphatic carbocycles. The Morgan fingerprint density at radius 1 is 1.28 bits per heavy atom. The molecule has 1 rings (SSSR count). The van der Waals surface area contributed by atoms with Crippen molar-refractivity contribution >= 4 is 6.98 Å². The number of rotatable bonds is 3. The Morgan fingerprint density at radius 3 is 2.28 bits per heavy atom. The van der Waals surface area contributed by atoms with Crippen LogP contribution in [0.25, 0.3) is 0 Å². The lowest BCUT2D eigenvalue weighted by molar-refractivity contribution is -0.144. The molecule has 0 radical (unpaired) electrons. The monoisotopic (exact) mass is 270 g/mol. The predicted octanol–water partition coefficient (Wildman–Crippen LogP) is 2.81. The van der Waals surface area contributed by atoms with Gasteiger partial charge >= 0.3 is 13.2 Å². The molecule has 2 nitrogen and oxygen atoms in total. The van der Waals surface area contributed by atoms with Crippen LogP contribution < -0.4 is 5.56 Å². The standard InChI is InChI=1S/C9H7BF6NO/c1-6(10(14,15)16)5-17-7(9(11,12)13)3-2-4-8(17)18/h2-4H,1,5H2/q-1. The van der Waals surface area contributed by atoms with Crippen LogP contribution in [-0.2, 0) is 12.7 Å². The Labute approximate surface area is 97.6 Å². The van der Waals surface area contributed by atoms with Crippen molar-refractivity contribution in [1.29, 1.82) is 0 Å². The third-order valence-electron chi connectivity index (χ3n) is 2.16. The van der Waals surface area contributed by atoms with Gasteiger partial charge in [-0.25, -0.2) is 0 Å². The lowest BCUT2D eigenvalue weighted by Crippen LogP contribution is -2.32. The van der Waals surface area contributed by atoms with Gasteiger partial charge in [0, 0.05) is 12.6 Å². The van der Waals surface area contributed by atoms with Gasteiger partial charge in [-0.2, -0.15) is 13.2 Å². The molecule has 0 aliphatic rings. The van der Waals surface area contributed by atoms with Crippen LogP contribution in [0.15, 0.2) is 35.0 Å². The molecule has 9 heteroatoms. The van der Waals surface area contributed by atoms with Gasteiger partial charge in [-0.15, -0.1) is 12.1 Å². The summed E-state index contributed by atoms with van der Waals surface area (Å²) in [6.45, 7) is -4.05. The predicted molar refractivity (Wildman–Crippen MR) is 53.9 cm³/mol. The number of alkyl halides is 3. The van der Waals surface area contributed by atoms with Gasteiger partial charge in [0.1, 0.15) is 5.69 Å². The molecule has 1 heterocycles. The number of halogens is 6. The van der Waals surface area contributed by atoms with E-state index in [4.69, 9.17) is 0 Å². The highest BCUT2D eigenvalue weighted by atomic mass is 19.4. The summed E-state index contributed by atoms with van der Waals surface area (Å²) in [5, 5.41) is 0. The van der Waals surface area contributed by atoms with E-state index in [1.807, 2.05) is 0 Å². The van der Waals surface area contributed by atoms with Gasteiger partial charge < -0.3 is 17.5 Å². The SMILES string of the molecule is C=C(Cn1c(C(F)(F)F)cccc1=O)[B-](F)(F)F. The van der Waals surface area contributed by atoms with Gasteiger partial charge in [0.05, 0.1) is 0 Å². The Bertz CT molecular complexity index is 515. The molecule has 0 spiro atoms. The highest BCUT2D eigenvalue weighted by molar-refractivity contribution is 6.66. The minimum atomic E-state index is -5.49. The van der Waals surface area contributed by atoms with Crippen LogP contribution >= 0.6 is 0 Å². The fourth-order valence-electron chi connectivity index (χ4n) is 1.24. The normalized spacial score (nSPS) is 12.6. The number of hydrogen-bond acceptors (Lipinski definition) is 1. The summed E-state index contributed by atoms with van der Waals surface area (Å²) in [7, 11) is 0. The van der Waals surface area contributed by atoms with E-state index in [1.165, 1.54) is 0 Å². The third kappa shape index (κ3) is 3.17. The van der Waals surface area contributed by atoms with Crippen LogP contribution in [-0.4, -0.2) is 11.5 Å². The van der Waals surface area contributed by atoms with Gasteiger partial charge in [-0.3, -0.25) is 4.79 Å². The van der Waals surface area contributed by atoms with Gasteiger partial charge in [0.25, 0.3) is 5.56 Å². The Morgan fingerprint density at radius 2 is 1.83 bits per heavy atom. The summed E-state index contributed by atoms with van der Waals surface area (Å²) in [5.41, 5.74) is -3.96. The Hall–Kier alpha value is -1.67. The van der Waals surface area contributed by atoms with Crippen molar-refractivity contribution in [2.75, 3.05) is 0 Å². The minimum Gasteiger partial charge on any atom is -0.445 e. The largest absolute Gasteiger partial charge is 0.506 e. The molecule has 0 atom stereocenters. The zero-order valence-electron chi connectivity index (χ0n) is 8.85. The van der Waals surface area contributed by atoms with Crippen LogP contribution in [0.4, 0.5) is 26.1 Å². The second-order valence-electron chi connectivity index (χ2n) is 3.57. The lowest BCUT2D eigenvalue weighted by Gasteiger charge is -2.21. The van der Waals surface area contributed by atoms with E-state index >= 15 is 0 Å². The summed E-state index contributed by atoms with van der Waals surface area (Å²) < 4.78 is 74.3. The van der Waals surface area contributed by atoms with Crippen molar-refractivity contribution in [3.8, 4) is 0 Å². The molecule has 1 aromatic rings. The molecule has 0 fully saturated rings. The van der Waals surface area contributed by atoms with Gasteiger partial charge in [0.15, 0.2) is 0 Å². The van der Waals surface area contributed by atoms with Crippen molar-refractivity contribution in [3.63, 3.8) is 0 Å². The second kappa shape index (κ2) is 4.54. The van der Waals surface area contributed by atoms with Crippen LogP contribution in [0.3, 0.4) is 0 Å². The zero-order valence-corrected chi connectivity index (χ0v) is 8.85. The van der Waals surface area contributed by atoms with Crippen molar-refractivity contribution in [3.05, 3.63) is 46.3 Å². The number of hydrogen-bond donors (Lipinski definition) is 0. The summed E-state index contributed by atoms with van der Waals surface area (Å²) in [6.07, 6.45) is -4.90. The maximum atomic E-state index is 12.5. The van der Waals surface area contributed by atoms with Crippen LogP contribution in [0, 0.1) is 0 Å². The van der Waals surface area contributed by atoms with E-state index in [-0.39, 0.29) is 4.57 Å². The van der Waals surface area contributed by atoms with Crippen LogP contribution in [0.5, 0.6) is 0 Å². The third-order valence-corrected chi connectivity index (χ3v) is 2.16. The smallest absolute Gasteiger partial charge is 0.445 e. The minimum absolute atomic E-state index is 0.0115. The van der Waals surface area contributed by atoms with Crippen molar-refractivity contribution in [2.24, 2.45) is 0 Å². The molecular weight excluding hydrogens is 263 g/mol. The average Bonchev–Trinajstić information content (AvgIpc) is 2.17. The van der Waals surface area contributed by atoms with E-state index in [2.05, 4.69) is 6.58 Å². The van der Waals surface area contributed by atoms with Gasteiger partial charge in [-0.05, 0) is 6.07 Å². The molecule has 100 valence electrons. The highest BCUT2D eigenvalue weighted by Gasteiger charge is 2.35. The molecular formula is C9H7BF6NO-. The average molecular weight is 270 g/mol. The first-order chi connectivity index (χ1) is 8.03. The van der Waals surface area contributed by atoms with E-state index in [1.54, 1.807) is 0 Å². The Kier molecular flexibility index (Phi) is 3.63. The van der Waals surface area contributed by atoms with E-state index < -0.39 is 36.4 Å². The summed E-state index contributed by atoms with van der Waals surface area (Å²) in [4.78, 5) is 11.2. The molecule has 0 amide bonds. The number of nitrogens with zero attached hydrogens (tertiary/aromatic N) is 1. The summed E-state index contributed by atoms with van der Waals surface area (Å²) in [6, 6.07) is 2.13. The fourth-order valence-corrected chi connectivity index (χ4v) is 1.24. The topological polar surface area (TPSA) is 22.0 Å². The van der Waals surface area contributed by atoms with Crippen LogP contribution in [0.1, 0.15) is 5.69 Å². The molecule has 0 saturated heterocycles. The molecule has 18 heavy (non-hydrogen) atoms. The van der Waals surface area contributed by atoms with Crippen LogP contribution in [0.2, 0.25) is 0 Å². The van der Waals surface area contributed by atoms with Crippen molar-refractivity contribution in [2.45, 2.75) is 12.7 Å². The molecule has 0 unspecified atom stereocenters. The van der Waals surface area contributed by atoms with E-state index in [0.717, 1.165) is 12.1 Å². The van der Waals surface area contributed by atoms with Gasteiger partial charge in [0.2, 0.25) is 0 Å². The van der Waals surface area contributed by atoms with Crippen molar-refractivity contribution in [1.82, 2.24) is 4.57 Å². The highest BCUT2D eigenvalue weighted by Crippen LogP contribution is 2.29. The van der Waals surface area contributed by atoms with Gasteiger partial charge in [-0.1, -0.05) is 6.07 Å². The maximum absolute atomic E-state index is 12.5. The second-order valence-corrected chi connectivity index (χ2v) is 3.57. The number of aromatic nitrogens is 1. The fraction of sp³-hybridized carbons (Fsp3) is 0.222. The molecule has 0 saturated carbocycles. The summed E-state index contributed by atoms with van der Waals surface area (Å²) in [5.74, 6) is 0. The molecule has 0 aromatic carbocycles. The number of allylic oxidation sites excluding steroid dienone is 1. The van der Waals surface area contributed by atoms with Crippen molar-refractivity contribution < 1.29 is 26.1 Å². The molecule has 0 bridgehead atoms. The molecule has 1 aromatic heterocycles. The molecule has 0 aliphatic heterocycles. The molecule has 0 N–H and O–H groups in total. The first kappa shape index (κ1) is 14.4. The first-order valence-corrected chi connectivity index (χ1v) is 4.68. The van der Waals surface area contributed by atoms with E-state index in [9.17, 15) is 30.9 Å². The maximum Gasteiger partial charge on any atom is 0.506 e. The van der Waals surface area contributed by atoms with E-state index in [0.29, 0.717) is 6.07 Å².